The number of carbonyl (C=O) groups excluding carboxylic acids is 1. The Morgan fingerprint density at radius 3 is 2.85 bits per heavy atom. The zero-order valence-corrected chi connectivity index (χ0v) is 8.14. The average Bonchev–Trinajstić information content (AvgIpc) is 2.03. The molecule has 1 N–H and O–H groups in total. The maximum absolute atomic E-state index is 10.8. The van der Waals surface area contributed by atoms with Gasteiger partial charge in [0.05, 0.1) is 13.2 Å². The highest BCUT2D eigenvalue weighted by molar-refractivity contribution is 5.93. The van der Waals surface area contributed by atoms with Crippen molar-refractivity contribution in [1.29, 1.82) is 0 Å². The van der Waals surface area contributed by atoms with Crippen LogP contribution >= 0.6 is 0 Å². The Morgan fingerprint density at radius 1 is 1.62 bits per heavy atom. The number of ether oxygens (including phenoxy) is 1. The van der Waals surface area contributed by atoms with Crippen molar-refractivity contribution in [2.45, 2.75) is 13.8 Å². The first-order valence-corrected chi connectivity index (χ1v) is 4.09. The Kier molecular flexibility index (Phi) is 6.66. The van der Waals surface area contributed by atoms with Crippen LogP contribution in [-0.4, -0.2) is 25.7 Å². The largest absolute Gasteiger partial charge is 0.375 e. The zero-order valence-electron chi connectivity index (χ0n) is 8.14. The molecule has 0 fully saturated rings. The molecule has 72 valence electrons. The summed E-state index contributed by atoms with van der Waals surface area (Å²) in [5, 5.41) is 2.59. The van der Waals surface area contributed by atoms with Crippen molar-refractivity contribution < 1.29 is 9.53 Å². The van der Waals surface area contributed by atoms with Gasteiger partial charge in [0.2, 0.25) is 0 Å². The molecule has 0 saturated heterocycles. The molecule has 0 atom stereocenters. The van der Waals surface area contributed by atoms with Crippen molar-refractivity contribution in [3.05, 3.63) is 12.2 Å². The minimum atomic E-state index is -0.263. The number of nitrogens with one attached hydrogen (secondary N) is 1. The molecule has 0 aliphatic heterocycles. The number of amides is 1. The summed E-state index contributed by atoms with van der Waals surface area (Å²) in [5.74, 6) is 4.62. The highest BCUT2D eigenvalue weighted by Crippen LogP contribution is 1.86. The van der Waals surface area contributed by atoms with Crippen molar-refractivity contribution in [1.82, 2.24) is 5.32 Å². The molecule has 13 heavy (non-hydrogen) atoms. The van der Waals surface area contributed by atoms with Gasteiger partial charge < -0.3 is 10.1 Å². The van der Waals surface area contributed by atoms with E-state index in [-0.39, 0.29) is 5.91 Å². The lowest BCUT2D eigenvalue weighted by Crippen LogP contribution is -2.25. The molecule has 0 unspecified atom stereocenters. The molecule has 0 aromatic heterocycles. The minimum absolute atomic E-state index is 0.263. The minimum Gasteiger partial charge on any atom is -0.375 e. The topological polar surface area (TPSA) is 38.3 Å². The third-order valence-electron chi connectivity index (χ3n) is 1.12. The third kappa shape index (κ3) is 8.64. The van der Waals surface area contributed by atoms with Crippen molar-refractivity contribution in [3.8, 4) is 11.8 Å². The summed E-state index contributed by atoms with van der Waals surface area (Å²) in [6.07, 6.45) is 0. The molecule has 0 spiro atoms. The highest BCUT2D eigenvalue weighted by atomic mass is 16.5. The summed E-state index contributed by atoms with van der Waals surface area (Å²) < 4.78 is 5.16. The standard InChI is InChI=1S/C10H15NO2/c1-4-5-10(12)11-6-7-13-8-9(2)3/h2,6-8H2,1,3H3,(H,11,12). The molecule has 0 bridgehead atoms. The molecule has 0 radical (unpaired) electrons. The van der Waals surface area contributed by atoms with Gasteiger partial charge in [-0.05, 0) is 19.8 Å². The SMILES string of the molecule is C=C(C)COCCNC(=O)C#CC. The van der Waals surface area contributed by atoms with E-state index in [1.807, 2.05) is 6.92 Å². The summed E-state index contributed by atoms with van der Waals surface area (Å²) in [6.45, 7) is 8.71. The Bertz CT molecular complexity index is 235. The Labute approximate surface area is 79.2 Å². The first-order valence-electron chi connectivity index (χ1n) is 4.09. The maximum Gasteiger partial charge on any atom is 0.295 e. The van der Waals surface area contributed by atoms with Crippen LogP contribution in [-0.2, 0) is 9.53 Å². The maximum atomic E-state index is 10.8. The van der Waals surface area contributed by atoms with Crippen molar-refractivity contribution in [2.75, 3.05) is 19.8 Å². The zero-order chi connectivity index (χ0) is 10.1. The second-order valence-electron chi connectivity index (χ2n) is 2.64. The van der Waals surface area contributed by atoms with E-state index in [0.29, 0.717) is 19.8 Å². The van der Waals surface area contributed by atoms with E-state index >= 15 is 0 Å². The normalized spacial score (nSPS) is 8.46. The number of hydrogen-bond donors (Lipinski definition) is 1. The van der Waals surface area contributed by atoms with Crippen LogP contribution in [0.1, 0.15) is 13.8 Å². The van der Waals surface area contributed by atoms with Gasteiger partial charge >= 0.3 is 0 Å². The van der Waals surface area contributed by atoms with Crippen molar-refractivity contribution >= 4 is 5.91 Å². The predicted molar refractivity (Wildman–Crippen MR) is 52.1 cm³/mol. The van der Waals surface area contributed by atoms with E-state index in [2.05, 4.69) is 23.7 Å². The quantitative estimate of drug-likeness (QED) is 0.385. The highest BCUT2D eigenvalue weighted by Gasteiger charge is 1.93. The average molecular weight is 181 g/mol. The van der Waals surface area contributed by atoms with Gasteiger partial charge in [-0.25, -0.2) is 0 Å². The molecule has 3 nitrogen and oxygen atoms in total. The first kappa shape index (κ1) is 11.7. The monoisotopic (exact) mass is 181 g/mol. The molecule has 0 aromatic rings. The number of rotatable bonds is 5. The summed E-state index contributed by atoms with van der Waals surface area (Å²) in [4.78, 5) is 10.8. The number of carbonyl (C=O) groups is 1. The van der Waals surface area contributed by atoms with Gasteiger partial charge in [0, 0.05) is 6.54 Å². The Morgan fingerprint density at radius 2 is 2.31 bits per heavy atom. The summed E-state index contributed by atoms with van der Waals surface area (Å²) in [5.41, 5.74) is 0.972. The first-order chi connectivity index (χ1) is 6.16. The molecule has 0 rings (SSSR count). The fraction of sp³-hybridized carbons (Fsp3) is 0.500. The second-order valence-corrected chi connectivity index (χ2v) is 2.64. The van der Waals surface area contributed by atoms with Gasteiger partial charge in [0.1, 0.15) is 0 Å². The lowest BCUT2D eigenvalue weighted by Gasteiger charge is -2.03. The Hall–Kier alpha value is -1.27. The van der Waals surface area contributed by atoms with Gasteiger partial charge in [-0.1, -0.05) is 18.1 Å². The van der Waals surface area contributed by atoms with Gasteiger partial charge in [-0.2, -0.15) is 0 Å². The van der Waals surface area contributed by atoms with Crippen molar-refractivity contribution in [2.24, 2.45) is 0 Å². The van der Waals surface area contributed by atoms with Gasteiger partial charge in [-0.15, -0.1) is 0 Å². The van der Waals surface area contributed by atoms with Crippen molar-refractivity contribution in [3.63, 3.8) is 0 Å². The van der Waals surface area contributed by atoms with Crippen LogP contribution in [0.3, 0.4) is 0 Å². The molecule has 3 heteroatoms. The molecule has 0 aromatic carbocycles. The van der Waals surface area contributed by atoms with Gasteiger partial charge in [-0.3, -0.25) is 4.79 Å². The smallest absolute Gasteiger partial charge is 0.295 e. The predicted octanol–water partition coefficient (Wildman–Crippen LogP) is 0.719. The van der Waals surface area contributed by atoms with E-state index in [1.165, 1.54) is 0 Å². The van der Waals surface area contributed by atoms with E-state index in [4.69, 9.17) is 4.74 Å². The van der Waals surface area contributed by atoms with Crippen LogP contribution in [0.15, 0.2) is 12.2 Å². The van der Waals surface area contributed by atoms with Crippen LogP contribution < -0.4 is 5.32 Å². The second kappa shape index (κ2) is 7.38. The van der Waals surface area contributed by atoms with E-state index < -0.39 is 0 Å². The molecule has 0 aliphatic carbocycles. The van der Waals surface area contributed by atoms with Gasteiger partial charge in [0.15, 0.2) is 0 Å². The van der Waals surface area contributed by atoms with E-state index in [1.54, 1.807) is 6.92 Å². The lowest BCUT2D eigenvalue weighted by molar-refractivity contribution is -0.115. The molecular formula is C10H15NO2. The summed E-state index contributed by atoms with van der Waals surface area (Å²) in [7, 11) is 0. The fourth-order valence-corrected chi connectivity index (χ4v) is 0.641. The fourth-order valence-electron chi connectivity index (χ4n) is 0.641. The number of hydrogen-bond acceptors (Lipinski definition) is 2. The molecule has 0 saturated carbocycles. The van der Waals surface area contributed by atoms with Crippen LogP contribution in [0, 0.1) is 11.8 Å². The molecule has 1 amide bonds. The molecule has 0 aliphatic rings. The van der Waals surface area contributed by atoms with Crippen LogP contribution in [0.25, 0.3) is 0 Å². The van der Waals surface area contributed by atoms with Crippen LogP contribution in [0.5, 0.6) is 0 Å². The van der Waals surface area contributed by atoms with Gasteiger partial charge in [0.25, 0.3) is 5.91 Å². The summed E-state index contributed by atoms with van der Waals surface area (Å²) >= 11 is 0. The van der Waals surface area contributed by atoms with Crippen LogP contribution in [0.4, 0.5) is 0 Å². The Balaban J connectivity index is 3.29. The van der Waals surface area contributed by atoms with E-state index in [9.17, 15) is 4.79 Å². The lowest BCUT2D eigenvalue weighted by atomic mass is 10.4. The van der Waals surface area contributed by atoms with Crippen LogP contribution in [0.2, 0.25) is 0 Å². The van der Waals surface area contributed by atoms with E-state index in [0.717, 1.165) is 5.57 Å². The summed E-state index contributed by atoms with van der Waals surface area (Å²) in [6, 6.07) is 0. The molecule has 0 heterocycles. The molecular weight excluding hydrogens is 166 g/mol. The third-order valence-corrected chi connectivity index (χ3v) is 1.12.